The third-order valence-electron chi connectivity index (χ3n) is 3.28. The van der Waals surface area contributed by atoms with Crippen molar-refractivity contribution in [3.05, 3.63) is 78.6 Å². The Hall–Kier alpha value is -3.42. The van der Waals surface area contributed by atoms with Crippen LogP contribution < -0.4 is 9.64 Å². The topological polar surface area (TPSA) is 55.3 Å². The average Bonchev–Trinajstić information content (AvgIpc) is 2.63. The van der Waals surface area contributed by atoms with Crippen molar-refractivity contribution >= 4 is 11.6 Å². The number of carbonyl (C=O) groups excluding carboxylic acids is 1. The highest BCUT2D eigenvalue weighted by molar-refractivity contribution is 6.05. The monoisotopic (exact) mass is 359 g/mol. The van der Waals surface area contributed by atoms with E-state index >= 15 is 0 Å². The lowest BCUT2D eigenvalue weighted by atomic mass is 10.2. The van der Waals surface area contributed by atoms with E-state index in [1.807, 2.05) is 0 Å². The molecule has 0 atom stereocenters. The first-order chi connectivity index (χ1) is 12.4. The number of halogens is 3. The quantitative estimate of drug-likeness (QED) is 0.647. The molecular weight excluding hydrogens is 347 g/mol. The fourth-order valence-electron chi connectivity index (χ4n) is 2.17. The first-order valence-corrected chi connectivity index (χ1v) is 7.47. The number of hydrogen-bond acceptors (Lipinski definition) is 4. The normalized spacial score (nSPS) is 11.0. The molecule has 1 amide bonds. The molecule has 1 aromatic heterocycles. The highest BCUT2D eigenvalue weighted by Crippen LogP contribution is 2.30. The van der Waals surface area contributed by atoms with Gasteiger partial charge in [-0.05, 0) is 30.3 Å². The predicted molar refractivity (Wildman–Crippen MR) is 87.9 cm³/mol. The van der Waals surface area contributed by atoms with Gasteiger partial charge in [-0.15, -0.1) is 13.2 Å². The van der Waals surface area contributed by atoms with Crippen LogP contribution in [0.5, 0.6) is 11.8 Å². The van der Waals surface area contributed by atoms with Gasteiger partial charge in [0.2, 0.25) is 0 Å². The molecule has 0 spiro atoms. The third-order valence-corrected chi connectivity index (χ3v) is 3.28. The van der Waals surface area contributed by atoms with E-state index in [1.54, 1.807) is 36.4 Å². The lowest BCUT2D eigenvalue weighted by Gasteiger charge is -2.24. The molecule has 0 aliphatic carbocycles. The summed E-state index contributed by atoms with van der Waals surface area (Å²) < 4.78 is 45.6. The second-order valence-electron chi connectivity index (χ2n) is 5.08. The van der Waals surface area contributed by atoms with E-state index in [2.05, 4.69) is 9.97 Å². The van der Waals surface area contributed by atoms with Crippen molar-refractivity contribution in [1.29, 1.82) is 0 Å². The Balaban J connectivity index is 1.92. The van der Waals surface area contributed by atoms with Crippen LogP contribution in [0.1, 0.15) is 10.5 Å². The molecule has 3 rings (SSSR count). The molecule has 2 aromatic carbocycles. The van der Waals surface area contributed by atoms with Crippen molar-refractivity contribution < 1.29 is 22.7 Å². The number of alkyl halides is 3. The zero-order valence-corrected chi connectivity index (χ0v) is 13.2. The predicted octanol–water partition coefficient (Wildman–Crippen LogP) is 4.44. The van der Waals surface area contributed by atoms with Gasteiger partial charge in [-0.3, -0.25) is 4.79 Å². The van der Waals surface area contributed by atoms with Gasteiger partial charge < -0.3 is 4.74 Å². The van der Waals surface area contributed by atoms with Crippen LogP contribution in [0.15, 0.2) is 72.9 Å². The molecule has 0 aliphatic heterocycles. The van der Waals surface area contributed by atoms with E-state index in [9.17, 15) is 18.0 Å². The number of amides is 1. The summed E-state index contributed by atoms with van der Waals surface area (Å²) in [4.78, 5) is 19.8. The van der Waals surface area contributed by atoms with Crippen molar-refractivity contribution in [3.63, 3.8) is 0 Å². The van der Waals surface area contributed by atoms with E-state index < -0.39 is 17.9 Å². The van der Waals surface area contributed by atoms with E-state index in [0.717, 1.165) is 12.3 Å². The number of rotatable bonds is 4. The Morgan fingerprint density at radius 2 is 1.54 bits per heavy atom. The Labute approximate surface area is 146 Å². The number of ether oxygens (including phenoxy) is 1. The van der Waals surface area contributed by atoms with Crippen LogP contribution in [0, 0.1) is 0 Å². The summed E-state index contributed by atoms with van der Waals surface area (Å²) in [7, 11) is 0. The van der Waals surface area contributed by atoms with Crippen LogP contribution >= 0.6 is 0 Å². The van der Waals surface area contributed by atoms with E-state index in [-0.39, 0.29) is 16.6 Å². The van der Waals surface area contributed by atoms with Gasteiger partial charge in [-0.25, -0.2) is 9.88 Å². The molecule has 0 unspecified atom stereocenters. The van der Waals surface area contributed by atoms with Crippen molar-refractivity contribution in [2.45, 2.75) is 6.30 Å². The van der Waals surface area contributed by atoms with Crippen LogP contribution in [-0.4, -0.2) is 22.2 Å². The fraction of sp³-hybridized carbons (Fsp3) is 0.0556. The molecule has 0 radical (unpaired) electrons. The lowest BCUT2D eigenvalue weighted by Crippen LogP contribution is -2.43. The maximum absolute atomic E-state index is 13.4. The molecule has 0 saturated heterocycles. The van der Waals surface area contributed by atoms with Crippen LogP contribution in [-0.2, 0) is 0 Å². The number of anilines is 1. The first kappa shape index (κ1) is 17.4. The van der Waals surface area contributed by atoms with Gasteiger partial charge in [-0.1, -0.05) is 36.4 Å². The van der Waals surface area contributed by atoms with Crippen molar-refractivity contribution in [3.8, 4) is 11.8 Å². The lowest BCUT2D eigenvalue weighted by molar-refractivity contribution is -0.122. The first-order valence-electron chi connectivity index (χ1n) is 7.47. The molecule has 26 heavy (non-hydrogen) atoms. The van der Waals surface area contributed by atoms with Crippen LogP contribution in [0.25, 0.3) is 0 Å². The standard InChI is InChI=1S/C18H12F3N3O2/c19-18(20,21)24(13-7-3-1-4-8-13)16(25)15-11-12-22-17(23-15)26-14-9-5-2-6-10-14/h1-12H. The number of nitrogens with zero attached hydrogens (tertiary/aromatic N) is 3. The molecule has 0 saturated carbocycles. The molecule has 5 nitrogen and oxygen atoms in total. The van der Waals surface area contributed by atoms with E-state index in [1.165, 1.54) is 24.3 Å². The Bertz CT molecular complexity index is 887. The zero-order chi connectivity index (χ0) is 18.6. The van der Waals surface area contributed by atoms with Gasteiger partial charge >= 0.3 is 12.3 Å². The fourth-order valence-corrected chi connectivity index (χ4v) is 2.17. The molecule has 0 aliphatic rings. The van der Waals surface area contributed by atoms with Crippen LogP contribution in [0.3, 0.4) is 0 Å². The summed E-state index contributed by atoms with van der Waals surface area (Å²) >= 11 is 0. The summed E-state index contributed by atoms with van der Waals surface area (Å²) in [6.45, 7) is 0. The third kappa shape index (κ3) is 3.97. The molecule has 3 aromatic rings. The molecular formula is C18H12F3N3O2. The highest BCUT2D eigenvalue weighted by atomic mass is 19.4. The van der Waals surface area contributed by atoms with Gasteiger partial charge in [-0.2, -0.15) is 4.98 Å². The second-order valence-corrected chi connectivity index (χ2v) is 5.08. The zero-order valence-electron chi connectivity index (χ0n) is 13.2. The van der Waals surface area contributed by atoms with E-state index in [4.69, 9.17) is 4.74 Å². The number of para-hydroxylation sites is 2. The highest BCUT2D eigenvalue weighted by Gasteiger charge is 2.43. The minimum absolute atomic E-state index is 0.225. The number of aromatic nitrogens is 2. The summed E-state index contributed by atoms with van der Waals surface area (Å²) in [5.41, 5.74) is -0.749. The Morgan fingerprint density at radius 3 is 2.15 bits per heavy atom. The Morgan fingerprint density at radius 1 is 0.923 bits per heavy atom. The molecule has 1 heterocycles. The number of carbonyl (C=O) groups is 1. The van der Waals surface area contributed by atoms with Crippen molar-refractivity contribution in [1.82, 2.24) is 9.97 Å². The molecule has 0 N–H and O–H groups in total. The van der Waals surface area contributed by atoms with Gasteiger partial charge in [0.25, 0.3) is 5.91 Å². The van der Waals surface area contributed by atoms with Gasteiger partial charge in [0.15, 0.2) is 0 Å². The molecule has 132 valence electrons. The Kier molecular flexibility index (Phi) is 4.83. The van der Waals surface area contributed by atoms with E-state index in [0.29, 0.717) is 5.75 Å². The van der Waals surface area contributed by atoms with Gasteiger partial charge in [0, 0.05) is 6.20 Å². The smallest absolute Gasteiger partial charge is 0.424 e. The summed E-state index contributed by atoms with van der Waals surface area (Å²) in [5, 5.41) is 0. The van der Waals surface area contributed by atoms with Crippen molar-refractivity contribution in [2.75, 3.05) is 4.90 Å². The van der Waals surface area contributed by atoms with Gasteiger partial charge in [0.05, 0.1) is 5.69 Å². The summed E-state index contributed by atoms with van der Waals surface area (Å²) in [6, 6.07) is 16.1. The maximum Gasteiger partial charge on any atom is 0.491 e. The summed E-state index contributed by atoms with van der Waals surface area (Å²) in [6.07, 6.45) is -3.75. The largest absolute Gasteiger partial charge is 0.491 e. The molecule has 0 bridgehead atoms. The number of hydrogen-bond donors (Lipinski definition) is 0. The van der Waals surface area contributed by atoms with Crippen LogP contribution in [0.4, 0.5) is 18.9 Å². The second kappa shape index (κ2) is 7.22. The number of benzene rings is 2. The van der Waals surface area contributed by atoms with Gasteiger partial charge in [0.1, 0.15) is 11.4 Å². The molecule has 8 heteroatoms. The minimum Gasteiger partial charge on any atom is -0.424 e. The SMILES string of the molecule is O=C(c1ccnc(Oc2ccccc2)n1)N(c1ccccc1)C(F)(F)F. The maximum atomic E-state index is 13.4. The summed E-state index contributed by atoms with van der Waals surface area (Å²) in [5.74, 6) is -0.933. The molecule has 0 fully saturated rings. The average molecular weight is 359 g/mol. The minimum atomic E-state index is -4.91. The van der Waals surface area contributed by atoms with Crippen LogP contribution in [0.2, 0.25) is 0 Å². The van der Waals surface area contributed by atoms with Crippen molar-refractivity contribution in [2.24, 2.45) is 0 Å².